The van der Waals surface area contributed by atoms with Crippen molar-refractivity contribution in [2.24, 2.45) is 0 Å². The average Bonchev–Trinajstić information content (AvgIpc) is 2.64. The van der Waals surface area contributed by atoms with Gasteiger partial charge < -0.3 is 16.0 Å². The van der Waals surface area contributed by atoms with Gasteiger partial charge in [0.15, 0.2) is 0 Å². The molecule has 0 saturated heterocycles. The molecule has 0 unspecified atom stereocenters. The van der Waals surface area contributed by atoms with Gasteiger partial charge in [0.2, 0.25) is 0 Å². The van der Waals surface area contributed by atoms with Gasteiger partial charge >= 0.3 is 0 Å². The monoisotopic (exact) mass is 221 g/mol. The van der Waals surface area contributed by atoms with Crippen LogP contribution in [0.3, 0.4) is 0 Å². The molecule has 2 rings (SSSR count). The van der Waals surface area contributed by atoms with Crippen molar-refractivity contribution >= 4 is 17.3 Å². The SMILES string of the molecule is Nc1noc(-c2ccc([N+](=O)[O-])cc2N)n1. The first-order valence-electron chi connectivity index (χ1n) is 4.21. The van der Waals surface area contributed by atoms with E-state index in [0.717, 1.165) is 0 Å². The van der Waals surface area contributed by atoms with Crippen LogP contribution >= 0.6 is 0 Å². The molecule has 0 bridgehead atoms. The Balaban J connectivity index is 2.47. The first kappa shape index (κ1) is 9.90. The van der Waals surface area contributed by atoms with Gasteiger partial charge in [-0.25, -0.2) is 0 Å². The Kier molecular flexibility index (Phi) is 2.16. The van der Waals surface area contributed by atoms with Gasteiger partial charge in [-0.3, -0.25) is 10.1 Å². The van der Waals surface area contributed by atoms with Crippen molar-refractivity contribution in [3.63, 3.8) is 0 Å². The Morgan fingerprint density at radius 3 is 2.62 bits per heavy atom. The third-order valence-electron chi connectivity index (χ3n) is 1.92. The largest absolute Gasteiger partial charge is 0.398 e. The molecule has 0 amide bonds. The smallest absolute Gasteiger partial charge is 0.271 e. The van der Waals surface area contributed by atoms with E-state index in [9.17, 15) is 10.1 Å². The molecule has 0 aliphatic carbocycles. The van der Waals surface area contributed by atoms with Gasteiger partial charge in [-0.05, 0) is 11.2 Å². The zero-order valence-corrected chi connectivity index (χ0v) is 7.95. The zero-order chi connectivity index (χ0) is 11.7. The summed E-state index contributed by atoms with van der Waals surface area (Å²) >= 11 is 0. The molecule has 8 nitrogen and oxygen atoms in total. The number of aromatic nitrogens is 2. The van der Waals surface area contributed by atoms with Gasteiger partial charge in [0.25, 0.3) is 17.5 Å². The van der Waals surface area contributed by atoms with Crippen LogP contribution in [0.2, 0.25) is 0 Å². The van der Waals surface area contributed by atoms with E-state index in [0.29, 0.717) is 5.56 Å². The van der Waals surface area contributed by atoms with Gasteiger partial charge in [-0.15, -0.1) is 0 Å². The normalized spacial score (nSPS) is 10.2. The summed E-state index contributed by atoms with van der Waals surface area (Å²) < 4.78 is 4.80. The van der Waals surface area contributed by atoms with Crippen LogP contribution in [0.4, 0.5) is 17.3 Å². The number of nitrogens with two attached hydrogens (primary N) is 2. The molecule has 16 heavy (non-hydrogen) atoms. The lowest BCUT2D eigenvalue weighted by atomic mass is 10.1. The van der Waals surface area contributed by atoms with Crippen LogP contribution in [0.1, 0.15) is 0 Å². The van der Waals surface area contributed by atoms with Crippen LogP contribution in [0.15, 0.2) is 22.7 Å². The van der Waals surface area contributed by atoms with Crippen LogP contribution in [-0.2, 0) is 0 Å². The molecule has 0 saturated carbocycles. The molecule has 82 valence electrons. The molecule has 1 aromatic carbocycles. The maximum atomic E-state index is 10.5. The molecule has 0 aliphatic rings. The summed E-state index contributed by atoms with van der Waals surface area (Å²) in [7, 11) is 0. The van der Waals surface area contributed by atoms with Crippen molar-refractivity contribution in [2.45, 2.75) is 0 Å². The van der Waals surface area contributed by atoms with E-state index in [4.69, 9.17) is 16.0 Å². The highest BCUT2D eigenvalue weighted by Crippen LogP contribution is 2.28. The van der Waals surface area contributed by atoms with Crippen molar-refractivity contribution in [1.29, 1.82) is 0 Å². The Hall–Kier alpha value is -2.64. The molecule has 4 N–H and O–H groups in total. The second-order valence-electron chi connectivity index (χ2n) is 2.99. The number of hydrogen-bond donors (Lipinski definition) is 2. The number of hydrogen-bond acceptors (Lipinski definition) is 7. The maximum absolute atomic E-state index is 10.5. The molecule has 2 aromatic rings. The molecular formula is C8H7N5O3. The second-order valence-corrected chi connectivity index (χ2v) is 2.99. The molecule has 0 spiro atoms. The Bertz CT molecular complexity index is 550. The van der Waals surface area contributed by atoms with Crippen LogP contribution in [0.25, 0.3) is 11.5 Å². The zero-order valence-electron chi connectivity index (χ0n) is 7.95. The van der Waals surface area contributed by atoms with Crippen molar-refractivity contribution < 1.29 is 9.45 Å². The first-order valence-corrected chi connectivity index (χ1v) is 4.21. The summed E-state index contributed by atoms with van der Waals surface area (Å²) in [5, 5.41) is 13.9. The van der Waals surface area contributed by atoms with E-state index in [1.165, 1.54) is 18.2 Å². The van der Waals surface area contributed by atoms with Crippen LogP contribution in [0, 0.1) is 10.1 Å². The van der Waals surface area contributed by atoms with Gasteiger partial charge in [0.05, 0.1) is 16.2 Å². The predicted octanol–water partition coefficient (Wildman–Crippen LogP) is 0.809. The number of nitro benzene ring substituents is 1. The minimum atomic E-state index is -0.539. The predicted molar refractivity (Wildman–Crippen MR) is 55.2 cm³/mol. The minimum Gasteiger partial charge on any atom is -0.398 e. The lowest BCUT2D eigenvalue weighted by Crippen LogP contribution is -1.94. The second kappa shape index (κ2) is 3.50. The number of rotatable bonds is 2. The minimum absolute atomic E-state index is 0.0206. The summed E-state index contributed by atoms with van der Waals surface area (Å²) in [6.07, 6.45) is 0. The van der Waals surface area contributed by atoms with E-state index in [-0.39, 0.29) is 23.2 Å². The van der Waals surface area contributed by atoms with Gasteiger partial charge in [-0.2, -0.15) is 4.98 Å². The Morgan fingerprint density at radius 2 is 2.12 bits per heavy atom. The molecule has 1 aromatic heterocycles. The Labute approximate surface area is 89.0 Å². The van der Waals surface area contributed by atoms with Crippen molar-refractivity contribution in [3.05, 3.63) is 28.3 Å². The molecular weight excluding hydrogens is 214 g/mol. The van der Waals surface area contributed by atoms with Crippen molar-refractivity contribution in [3.8, 4) is 11.5 Å². The van der Waals surface area contributed by atoms with E-state index in [1.54, 1.807) is 0 Å². The highest BCUT2D eigenvalue weighted by atomic mass is 16.6. The summed E-state index contributed by atoms with van der Waals surface area (Å²) in [4.78, 5) is 13.7. The van der Waals surface area contributed by atoms with E-state index in [2.05, 4.69) is 10.1 Å². The third-order valence-corrected chi connectivity index (χ3v) is 1.92. The van der Waals surface area contributed by atoms with Gasteiger partial charge in [0.1, 0.15) is 0 Å². The first-order chi connectivity index (χ1) is 7.58. The van der Waals surface area contributed by atoms with E-state index in [1.807, 2.05) is 0 Å². The van der Waals surface area contributed by atoms with E-state index < -0.39 is 4.92 Å². The van der Waals surface area contributed by atoms with Crippen molar-refractivity contribution in [1.82, 2.24) is 10.1 Å². The lowest BCUT2D eigenvalue weighted by Gasteiger charge is -1.99. The maximum Gasteiger partial charge on any atom is 0.271 e. The van der Waals surface area contributed by atoms with Gasteiger partial charge in [-0.1, -0.05) is 0 Å². The molecule has 1 heterocycles. The van der Waals surface area contributed by atoms with Crippen molar-refractivity contribution in [2.75, 3.05) is 11.5 Å². The number of non-ortho nitro benzene ring substituents is 1. The molecule has 0 atom stereocenters. The average molecular weight is 221 g/mol. The summed E-state index contributed by atoms with van der Waals surface area (Å²) in [6, 6.07) is 3.95. The van der Waals surface area contributed by atoms with E-state index >= 15 is 0 Å². The molecule has 0 aliphatic heterocycles. The molecule has 8 heteroatoms. The number of benzene rings is 1. The number of nitrogens with zero attached hydrogens (tertiary/aromatic N) is 3. The topological polar surface area (TPSA) is 134 Å². The fraction of sp³-hybridized carbons (Fsp3) is 0. The number of nitrogen functional groups attached to an aromatic ring is 2. The fourth-order valence-corrected chi connectivity index (χ4v) is 1.20. The van der Waals surface area contributed by atoms with Crippen LogP contribution < -0.4 is 11.5 Å². The summed E-state index contributed by atoms with van der Waals surface area (Å²) in [5.74, 6) is 0.109. The van der Waals surface area contributed by atoms with Crippen LogP contribution in [-0.4, -0.2) is 15.1 Å². The summed E-state index contributed by atoms with van der Waals surface area (Å²) in [6.45, 7) is 0. The summed E-state index contributed by atoms with van der Waals surface area (Å²) in [5.41, 5.74) is 11.4. The fourth-order valence-electron chi connectivity index (χ4n) is 1.20. The van der Waals surface area contributed by atoms with Crippen LogP contribution in [0.5, 0.6) is 0 Å². The quantitative estimate of drug-likeness (QED) is 0.435. The highest BCUT2D eigenvalue weighted by molar-refractivity contribution is 5.73. The number of anilines is 2. The number of nitro groups is 1. The lowest BCUT2D eigenvalue weighted by molar-refractivity contribution is -0.384. The molecule has 0 radical (unpaired) electrons. The highest BCUT2D eigenvalue weighted by Gasteiger charge is 2.14. The standard InChI is InChI=1S/C8H7N5O3/c9-6-3-4(13(14)15)1-2-5(6)7-11-8(10)12-16-7/h1-3H,9H2,(H2,10,12). The van der Waals surface area contributed by atoms with Gasteiger partial charge in [0, 0.05) is 12.1 Å². The Morgan fingerprint density at radius 1 is 1.38 bits per heavy atom. The third kappa shape index (κ3) is 1.63. The molecule has 0 fully saturated rings.